The maximum Gasteiger partial charge on any atom is 0.264 e. The molecule has 0 radical (unpaired) electrons. The zero-order chi connectivity index (χ0) is 39.2. The number of aliphatic hydroxyl groups is 1. The van der Waals surface area contributed by atoms with Crippen molar-refractivity contribution < 1.29 is 29.0 Å². The van der Waals surface area contributed by atoms with Gasteiger partial charge in [-0.3, -0.25) is 14.4 Å². The van der Waals surface area contributed by atoms with Gasteiger partial charge in [0, 0.05) is 30.9 Å². The number of ether oxygens (including phenoxy) is 2. The molecule has 11 heteroatoms. The predicted octanol–water partition coefficient (Wildman–Crippen LogP) is 6.36. The van der Waals surface area contributed by atoms with Gasteiger partial charge in [-0.25, -0.2) is 5.01 Å². The Morgan fingerprint density at radius 1 is 0.964 bits per heavy atom. The fraction of sp³-hybridized carbons (Fsp3) is 0.378. The molecule has 4 heterocycles. The van der Waals surface area contributed by atoms with Crippen molar-refractivity contribution in [2.45, 2.75) is 82.0 Å². The molecule has 1 N–H and O–H groups in total. The minimum atomic E-state index is -2.54. The normalized spacial score (nSPS) is 24.9. The van der Waals surface area contributed by atoms with Crippen molar-refractivity contribution in [3.8, 4) is 5.75 Å². The highest BCUT2D eigenvalue weighted by molar-refractivity contribution is 6.91. The molecule has 4 aromatic rings. The Kier molecular flexibility index (Phi) is 10.2. The second-order valence-corrected chi connectivity index (χ2v) is 20.8. The van der Waals surface area contributed by atoms with Gasteiger partial charge in [0.2, 0.25) is 11.8 Å². The predicted molar refractivity (Wildman–Crippen MR) is 220 cm³/mol. The van der Waals surface area contributed by atoms with Crippen LogP contribution in [0.3, 0.4) is 0 Å². The summed E-state index contributed by atoms with van der Waals surface area (Å²) >= 11 is 0. The molecule has 2 fully saturated rings. The number of carbonyl (C=O) groups is 3. The van der Waals surface area contributed by atoms with Crippen LogP contribution in [-0.4, -0.2) is 73.9 Å². The molecule has 56 heavy (non-hydrogen) atoms. The van der Waals surface area contributed by atoms with Gasteiger partial charge in [0.05, 0.1) is 64.0 Å². The number of hydrogen-bond donors (Lipinski definition) is 1. The van der Waals surface area contributed by atoms with Crippen LogP contribution in [0.5, 0.6) is 5.75 Å². The Balaban J connectivity index is 1.26. The number of likely N-dealkylation sites (tertiary alicyclic amines) is 1. The van der Waals surface area contributed by atoms with Crippen molar-refractivity contribution in [1.29, 1.82) is 0 Å². The Labute approximate surface area is 329 Å². The topological polar surface area (TPSA) is 112 Å². The summed E-state index contributed by atoms with van der Waals surface area (Å²) in [4.78, 5) is 46.9. The van der Waals surface area contributed by atoms with Gasteiger partial charge >= 0.3 is 0 Å². The van der Waals surface area contributed by atoms with Gasteiger partial charge < -0.3 is 24.4 Å². The first kappa shape index (κ1) is 37.8. The average Bonchev–Trinajstić information content (AvgIpc) is 3.89. The molecule has 0 aliphatic carbocycles. The van der Waals surface area contributed by atoms with Gasteiger partial charge in [-0.05, 0) is 59.8 Å². The molecular weight excluding hydrogens is 721 g/mol. The van der Waals surface area contributed by atoms with Crippen molar-refractivity contribution in [3.05, 3.63) is 120 Å². The summed E-state index contributed by atoms with van der Waals surface area (Å²) in [6.07, 6.45) is 1.95. The Morgan fingerprint density at radius 2 is 1.68 bits per heavy atom. The van der Waals surface area contributed by atoms with E-state index in [9.17, 15) is 14.7 Å². The van der Waals surface area contributed by atoms with E-state index in [2.05, 4.69) is 32.2 Å². The molecule has 0 unspecified atom stereocenters. The van der Waals surface area contributed by atoms with E-state index >= 15 is 4.79 Å². The summed E-state index contributed by atoms with van der Waals surface area (Å²) in [5.41, 5.74) is 3.14. The van der Waals surface area contributed by atoms with Crippen LogP contribution in [0.15, 0.2) is 108 Å². The van der Waals surface area contributed by atoms with Crippen LogP contribution in [0.2, 0.25) is 18.6 Å². The van der Waals surface area contributed by atoms with Crippen LogP contribution in [0.25, 0.3) is 0 Å². The molecule has 1 spiro atoms. The quantitative estimate of drug-likeness (QED) is 0.188. The van der Waals surface area contributed by atoms with Gasteiger partial charge in [0.1, 0.15) is 5.75 Å². The van der Waals surface area contributed by atoms with E-state index in [1.165, 1.54) is 10.2 Å². The van der Waals surface area contributed by atoms with E-state index in [-0.39, 0.29) is 48.3 Å². The smallest absolute Gasteiger partial charge is 0.264 e. The summed E-state index contributed by atoms with van der Waals surface area (Å²) in [5.74, 6) is 0.0498. The van der Waals surface area contributed by atoms with Crippen LogP contribution in [0, 0.1) is 5.92 Å². The third-order valence-electron chi connectivity index (χ3n) is 12.7. The van der Waals surface area contributed by atoms with Crippen molar-refractivity contribution >= 4 is 48.1 Å². The highest BCUT2D eigenvalue weighted by Crippen LogP contribution is 2.60. The molecule has 290 valence electrons. The van der Waals surface area contributed by atoms with Gasteiger partial charge in [0.25, 0.3) is 5.91 Å². The first-order valence-electron chi connectivity index (χ1n) is 19.8. The second-order valence-electron chi connectivity index (χ2n) is 16.1. The molecule has 4 aliphatic heterocycles. The van der Waals surface area contributed by atoms with Crippen LogP contribution in [0.1, 0.15) is 55.7 Å². The van der Waals surface area contributed by atoms with Crippen molar-refractivity contribution in [2.24, 2.45) is 11.0 Å². The first-order chi connectivity index (χ1) is 27.1. The molecule has 5 atom stereocenters. The van der Waals surface area contributed by atoms with Crippen molar-refractivity contribution in [2.75, 3.05) is 30.2 Å². The second kappa shape index (κ2) is 15.1. The summed E-state index contributed by atoms with van der Waals surface area (Å²) in [7, 11) is -0.891. The minimum absolute atomic E-state index is 0.0671. The van der Waals surface area contributed by atoms with E-state index in [0.717, 1.165) is 41.1 Å². The zero-order valence-electron chi connectivity index (χ0n) is 32.6. The molecule has 10 nitrogen and oxygen atoms in total. The zero-order valence-corrected chi connectivity index (χ0v) is 33.6. The van der Waals surface area contributed by atoms with E-state index < -0.39 is 19.8 Å². The third-order valence-corrected chi connectivity index (χ3v) is 17.0. The number of fused-ring (bicyclic) bond motifs is 2. The maximum absolute atomic E-state index is 15.4. The van der Waals surface area contributed by atoms with Crippen LogP contribution >= 0.6 is 0 Å². The fourth-order valence-electron chi connectivity index (χ4n) is 9.79. The number of aliphatic hydroxyl groups excluding tert-OH is 1. The molecule has 8 rings (SSSR count). The first-order valence-corrected chi connectivity index (χ1v) is 22.8. The number of amides is 3. The van der Waals surface area contributed by atoms with Crippen molar-refractivity contribution in [3.63, 3.8) is 0 Å². The Morgan fingerprint density at radius 3 is 2.38 bits per heavy atom. The monoisotopic (exact) mass is 770 g/mol. The van der Waals surface area contributed by atoms with Crippen molar-refractivity contribution in [1.82, 2.24) is 4.90 Å². The SMILES string of the molecule is COc1ccc([Si](C)(C)[C@@H]2[C@@H](CC(=O)N3CCC[C@H]3CO)O[C@]3(C(=O)N(Cc4ccccc4)c4ccc(N5N=C(c6ccccc6)CCC5=O)cc43)[C@H]2C)cc1. The molecule has 0 saturated carbocycles. The number of methoxy groups -OCH3 is 1. The van der Waals surface area contributed by atoms with E-state index in [0.29, 0.717) is 37.2 Å². The summed E-state index contributed by atoms with van der Waals surface area (Å²) in [5, 5.41) is 17.7. The lowest BCUT2D eigenvalue weighted by Gasteiger charge is -2.37. The lowest BCUT2D eigenvalue weighted by molar-refractivity contribution is -0.150. The number of hydrazone groups is 1. The lowest BCUT2D eigenvalue weighted by Crippen LogP contribution is -2.52. The standard InChI is InChI=1S/C45H50N4O6Si/c1-30-43(56(3,4)36-20-18-35(54-2)19-21-36)40(27-42(52)47-25-11-16-34(47)29-50)55-45(30)37-26-33(49-41(51)24-22-38(46-49)32-14-9-6-10-15-32)17-23-39(37)48(44(45)53)28-31-12-7-5-8-13-31/h5-10,12-15,17-21,23,26,30,34,40,43,50H,11,16,22,24-25,27-29H2,1-4H3/t30-,34-,40+,43-,45+/m0/s1. The highest BCUT2D eigenvalue weighted by Gasteiger charge is 2.66. The number of rotatable bonds is 10. The van der Waals surface area contributed by atoms with Gasteiger partial charge in [-0.15, -0.1) is 0 Å². The molecule has 3 amide bonds. The number of carbonyl (C=O) groups excluding carboxylic acids is 3. The van der Waals surface area contributed by atoms with Crippen LogP contribution in [-0.2, 0) is 31.3 Å². The number of hydrogen-bond acceptors (Lipinski definition) is 7. The summed E-state index contributed by atoms with van der Waals surface area (Å²) in [6, 6.07) is 33.5. The molecule has 2 saturated heterocycles. The highest BCUT2D eigenvalue weighted by atomic mass is 28.3. The van der Waals surface area contributed by atoms with Gasteiger partial charge in [-0.2, -0.15) is 5.10 Å². The lowest BCUT2D eigenvalue weighted by atomic mass is 9.82. The molecular formula is C45H50N4O6Si. The van der Waals surface area contributed by atoms with Crippen LogP contribution in [0.4, 0.5) is 11.4 Å². The Bertz CT molecular complexity index is 2140. The number of anilines is 2. The average molecular weight is 771 g/mol. The number of nitrogens with zero attached hydrogens (tertiary/aromatic N) is 4. The Hall–Kier alpha value is -5.10. The van der Waals surface area contributed by atoms with Gasteiger partial charge in [0.15, 0.2) is 5.60 Å². The molecule has 0 aromatic heterocycles. The summed E-state index contributed by atoms with van der Waals surface area (Å²) in [6.45, 7) is 7.55. The largest absolute Gasteiger partial charge is 0.497 e. The van der Waals surface area contributed by atoms with Gasteiger partial charge in [-0.1, -0.05) is 98.0 Å². The molecule has 0 bridgehead atoms. The number of benzene rings is 4. The molecule has 4 aliphatic rings. The maximum atomic E-state index is 15.4. The fourth-order valence-corrected chi connectivity index (χ4v) is 13.8. The minimum Gasteiger partial charge on any atom is -0.497 e. The molecule has 4 aromatic carbocycles. The summed E-state index contributed by atoms with van der Waals surface area (Å²) < 4.78 is 12.8. The van der Waals surface area contributed by atoms with E-state index in [1.54, 1.807) is 12.0 Å². The van der Waals surface area contributed by atoms with E-state index in [4.69, 9.17) is 14.6 Å². The third kappa shape index (κ3) is 6.45. The van der Waals surface area contributed by atoms with Crippen LogP contribution < -0.4 is 19.8 Å². The van der Waals surface area contributed by atoms with E-state index in [1.807, 2.05) is 95.9 Å².